The Bertz CT molecular complexity index is 1400. The molecule has 4 nitrogen and oxygen atoms in total. The number of benzene rings is 3. The number of thiocarbonyl (C=S) groups is 1. The van der Waals surface area contributed by atoms with E-state index in [-0.39, 0.29) is 5.91 Å². The Morgan fingerprint density at radius 2 is 1.61 bits per heavy atom. The second-order valence-corrected chi connectivity index (χ2v) is 9.56. The predicted octanol–water partition coefficient (Wildman–Crippen LogP) is 6.37. The van der Waals surface area contributed by atoms with Crippen LogP contribution in [0.4, 0.5) is 0 Å². The van der Waals surface area contributed by atoms with E-state index >= 15 is 0 Å². The fourth-order valence-electron chi connectivity index (χ4n) is 4.05. The third kappa shape index (κ3) is 4.08. The summed E-state index contributed by atoms with van der Waals surface area (Å²) in [5.41, 5.74) is 3.89. The Morgan fingerprint density at radius 3 is 2.42 bits per heavy atom. The molecule has 164 valence electrons. The molecule has 6 heteroatoms. The summed E-state index contributed by atoms with van der Waals surface area (Å²) < 4.78 is 8.60. The average molecular weight is 471 g/mol. The molecule has 0 N–H and O–H groups in total. The highest BCUT2D eigenvalue weighted by Crippen LogP contribution is 2.34. The summed E-state index contributed by atoms with van der Waals surface area (Å²) in [4.78, 5) is 13.8. The van der Waals surface area contributed by atoms with Crippen LogP contribution in [0, 0.1) is 13.8 Å². The molecular weight excluding hydrogens is 448 g/mol. The molecule has 1 aliphatic rings. The number of hydrogen-bond donors (Lipinski definition) is 0. The van der Waals surface area contributed by atoms with Crippen LogP contribution in [0.1, 0.15) is 22.5 Å². The maximum Gasteiger partial charge on any atom is 0.285 e. The topological polar surface area (TPSA) is 34.5 Å². The van der Waals surface area contributed by atoms with E-state index in [4.69, 9.17) is 17.0 Å². The van der Waals surface area contributed by atoms with E-state index in [0.29, 0.717) is 15.8 Å². The largest absolute Gasteiger partial charge is 0.488 e. The minimum absolute atomic E-state index is 0.128. The monoisotopic (exact) mass is 470 g/mol. The van der Waals surface area contributed by atoms with Crippen LogP contribution in [-0.2, 0) is 11.4 Å². The van der Waals surface area contributed by atoms with Crippen LogP contribution in [0.3, 0.4) is 0 Å². The molecule has 1 saturated heterocycles. The van der Waals surface area contributed by atoms with Crippen LogP contribution >= 0.6 is 24.0 Å². The Balaban J connectivity index is 1.42. The number of hydrogen-bond acceptors (Lipinski definition) is 4. The van der Waals surface area contributed by atoms with E-state index in [2.05, 4.69) is 24.3 Å². The van der Waals surface area contributed by atoms with Gasteiger partial charge in [0.1, 0.15) is 12.4 Å². The van der Waals surface area contributed by atoms with Crippen molar-refractivity contribution in [1.82, 2.24) is 4.68 Å². The van der Waals surface area contributed by atoms with Gasteiger partial charge in [0.15, 0.2) is 4.32 Å². The van der Waals surface area contributed by atoms with Crippen molar-refractivity contribution < 1.29 is 9.53 Å². The van der Waals surface area contributed by atoms with Gasteiger partial charge in [0.2, 0.25) is 0 Å². The number of thioether (sulfide) groups is 1. The first-order valence-corrected chi connectivity index (χ1v) is 11.9. The molecule has 1 aromatic heterocycles. The third-order valence-electron chi connectivity index (χ3n) is 5.68. The molecular formula is C27H22N2O2S2. The molecule has 0 saturated carbocycles. The number of carbonyl (C=O) groups excluding carboxylic acids is 1. The number of ether oxygens (including phenoxy) is 1. The second-order valence-electron chi connectivity index (χ2n) is 7.89. The molecule has 0 atom stereocenters. The zero-order valence-electron chi connectivity index (χ0n) is 18.3. The normalized spacial score (nSPS) is 15.1. The van der Waals surface area contributed by atoms with Crippen LogP contribution in [-0.4, -0.2) is 14.9 Å². The van der Waals surface area contributed by atoms with Crippen molar-refractivity contribution in [2.75, 3.05) is 5.01 Å². The van der Waals surface area contributed by atoms with Gasteiger partial charge < -0.3 is 4.74 Å². The van der Waals surface area contributed by atoms with E-state index in [9.17, 15) is 4.79 Å². The summed E-state index contributed by atoms with van der Waals surface area (Å²) in [7, 11) is 0. The molecule has 0 radical (unpaired) electrons. The first-order chi connectivity index (χ1) is 16.0. The lowest BCUT2D eigenvalue weighted by molar-refractivity contribution is -0.114. The standard InChI is InChI=1S/C27H22N2O2S2/c1-18-14-15-19(2)28(18)29-26(30)25(33-27(29)32)16-21-9-4-6-13-24(21)31-17-22-11-7-10-20-8-3-5-12-23(20)22/h3-16H,17H2,1-2H3/b25-16-. The van der Waals surface area contributed by atoms with Gasteiger partial charge in [0.25, 0.3) is 5.91 Å². The Labute approximate surface area is 202 Å². The number of aryl methyl sites for hydroxylation is 2. The summed E-state index contributed by atoms with van der Waals surface area (Å²) in [5, 5.41) is 3.93. The Kier molecular flexibility index (Phi) is 5.79. The molecule has 2 heterocycles. The number of para-hydroxylation sites is 1. The van der Waals surface area contributed by atoms with Crippen LogP contribution < -0.4 is 9.75 Å². The first-order valence-electron chi connectivity index (χ1n) is 10.6. The maximum absolute atomic E-state index is 13.2. The van der Waals surface area contributed by atoms with Crippen LogP contribution in [0.15, 0.2) is 83.8 Å². The molecule has 0 aliphatic carbocycles. The van der Waals surface area contributed by atoms with E-state index in [0.717, 1.165) is 28.3 Å². The third-order valence-corrected chi connectivity index (χ3v) is 6.96. The van der Waals surface area contributed by atoms with Gasteiger partial charge in [-0.1, -0.05) is 72.4 Å². The summed E-state index contributed by atoms with van der Waals surface area (Å²) in [5.74, 6) is 0.597. The van der Waals surface area contributed by atoms with Gasteiger partial charge in [-0.25, -0.2) is 0 Å². The molecule has 3 aromatic carbocycles. The zero-order valence-corrected chi connectivity index (χ0v) is 20.0. The fourth-order valence-corrected chi connectivity index (χ4v) is 5.29. The lowest BCUT2D eigenvalue weighted by Crippen LogP contribution is -2.39. The molecule has 1 fully saturated rings. The van der Waals surface area contributed by atoms with Crippen molar-refractivity contribution in [3.05, 3.63) is 106 Å². The number of aromatic nitrogens is 1. The SMILES string of the molecule is Cc1ccc(C)n1N1C(=O)/C(=C/c2ccccc2OCc2cccc3ccccc23)SC1=S. The minimum Gasteiger partial charge on any atom is -0.488 e. The van der Waals surface area contributed by atoms with Crippen LogP contribution in [0.25, 0.3) is 16.8 Å². The van der Waals surface area contributed by atoms with Gasteiger partial charge in [0.05, 0.1) is 4.91 Å². The smallest absolute Gasteiger partial charge is 0.285 e. The summed E-state index contributed by atoms with van der Waals surface area (Å²) in [6, 6.07) is 26.2. The molecule has 1 amide bonds. The highest BCUT2D eigenvalue weighted by atomic mass is 32.2. The van der Waals surface area contributed by atoms with Gasteiger partial charge in [-0.15, -0.1) is 0 Å². The van der Waals surface area contributed by atoms with Gasteiger partial charge >= 0.3 is 0 Å². The van der Waals surface area contributed by atoms with Crippen molar-refractivity contribution in [2.45, 2.75) is 20.5 Å². The quantitative estimate of drug-likeness (QED) is 0.251. The molecule has 5 rings (SSSR count). The van der Waals surface area contributed by atoms with Crippen molar-refractivity contribution in [3.63, 3.8) is 0 Å². The van der Waals surface area contributed by atoms with Gasteiger partial charge in [-0.05, 0) is 66.7 Å². The molecule has 4 aromatic rings. The number of nitrogens with zero attached hydrogens (tertiary/aromatic N) is 2. The molecule has 0 unspecified atom stereocenters. The van der Waals surface area contributed by atoms with Crippen molar-refractivity contribution in [1.29, 1.82) is 0 Å². The predicted molar refractivity (Wildman–Crippen MR) is 140 cm³/mol. The molecule has 1 aliphatic heterocycles. The molecule has 33 heavy (non-hydrogen) atoms. The number of carbonyl (C=O) groups is 1. The van der Waals surface area contributed by atoms with Gasteiger partial charge in [-0.2, -0.15) is 5.01 Å². The number of fused-ring (bicyclic) bond motifs is 1. The Hall–Kier alpha value is -3.35. The lowest BCUT2D eigenvalue weighted by Gasteiger charge is -2.20. The van der Waals surface area contributed by atoms with E-state index in [1.807, 2.05) is 79.2 Å². The first kappa shape index (κ1) is 21.5. The zero-order chi connectivity index (χ0) is 22.9. The number of amides is 1. The maximum atomic E-state index is 13.2. The highest BCUT2D eigenvalue weighted by molar-refractivity contribution is 8.27. The molecule has 0 spiro atoms. The lowest BCUT2D eigenvalue weighted by atomic mass is 10.1. The Morgan fingerprint density at radius 1 is 0.909 bits per heavy atom. The highest BCUT2D eigenvalue weighted by Gasteiger charge is 2.34. The van der Waals surface area contributed by atoms with Crippen LogP contribution in [0.2, 0.25) is 0 Å². The van der Waals surface area contributed by atoms with E-state index < -0.39 is 0 Å². The van der Waals surface area contributed by atoms with Crippen molar-refractivity contribution in [3.8, 4) is 5.75 Å². The number of rotatable bonds is 5. The molecule has 0 bridgehead atoms. The van der Waals surface area contributed by atoms with E-state index in [1.54, 1.807) is 5.01 Å². The summed E-state index contributed by atoms with van der Waals surface area (Å²) in [6.45, 7) is 4.37. The average Bonchev–Trinajstić information content (AvgIpc) is 3.29. The van der Waals surface area contributed by atoms with Crippen molar-refractivity contribution in [2.24, 2.45) is 0 Å². The van der Waals surface area contributed by atoms with Crippen molar-refractivity contribution >= 4 is 51.1 Å². The second kappa shape index (κ2) is 8.89. The fraction of sp³-hybridized carbons (Fsp3) is 0.111. The van der Waals surface area contributed by atoms with Gasteiger partial charge in [0, 0.05) is 17.0 Å². The minimum atomic E-state index is -0.128. The van der Waals surface area contributed by atoms with Crippen LogP contribution in [0.5, 0.6) is 5.75 Å². The van der Waals surface area contributed by atoms with E-state index in [1.165, 1.54) is 22.5 Å². The summed E-state index contributed by atoms with van der Waals surface area (Å²) in [6.07, 6.45) is 1.87. The van der Waals surface area contributed by atoms with Gasteiger partial charge in [-0.3, -0.25) is 9.47 Å². The summed E-state index contributed by atoms with van der Waals surface area (Å²) >= 11 is 6.86.